The van der Waals surface area contributed by atoms with Crippen LogP contribution in [0.3, 0.4) is 0 Å². The number of anilines is 2. The van der Waals surface area contributed by atoms with E-state index in [1.807, 2.05) is 37.4 Å². The van der Waals surface area contributed by atoms with Gasteiger partial charge in [-0.15, -0.1) is 11.3 Å². The van der Waals surface area contributed by atoms with Crippen LogP contribution < -0.4 is 11.1 Å². The molecule has 2 aromatic carbocycles. The summed E-state index contributed by atoms with van der Waals surface area (Å²) in [5.41, 5.74) is 10.9. The third-order valence-corrected chi connectivity index (χ3v) is 7.38. The molecule has 1 fully saturated rings. The van der Waals surface area contributed by atoms with Crippen molar-refractivity contribution in [1.29, 1.82) is 0 Å². The molecular formula is C26H27N5OS. The van der Waals surface area contributed by atoms with Gasteiger partial charge in [0.1, 0.15) is 10.8 Å². The molecule has 2 heterocycles. The van der Waals surface area contributed by atoms with Crippen LogP contribution in [0, 0.1) is 6.92 Å². The second kappa shape index (κ2) is 8.15. The molecule has 7 heteroatoms. The molecule has 2 aromatic heterocycles. The molecule has 6 nitrogen and oxygen atoms in total. The maximum atomic E-state index is 12.7. The van der Waals surface area contributed by atoms with Gasteiger partial charge in [0.15, 0.2) is 0 Å². The lowest BCUT2D eigenvalue weighted by atomic mass is 9.95. The first kappa shape index (κ1) is 21.4. The number of hydrogen-bond acceptors (Lipinski definition) is 5. The number of nitrogens with two attached hydrogens (primary N) is 1. The van der Waals surface area contributed by atoms with E-state index >= 15 is 0 Å². The first-order valence-corrected chi connectivity index (χ1v) is 12.0. The van der Waals surface area contributed by atoms with Gasteiger partial charge in [-0.05, 0) is 63.4 Å². The summed E-state index contributed by atoms with van der Waals surface area (Å²) < 4.78 is 2.23. The van der Waals surface area contributed by atoms with Crippen molar-refractivity contribution in [3.05, 3.63) is 82.1 Å². The minimum atomic E-state index is -0.168. The van der Waals surface area contributed by atoms with Gasteiger partial charge in [-0.3, -0.25) is 4.79 Å². The Labute approximate surface area is 197 Å². The van der Waals surface area contributed by atoms with Crippen LogP contribution in [-0.2, 0) is 5.41 Å². The van der Waals surface area contributed by atoms with Gasteiger partial charge >= 0.3 is 0 Å². The number of rotatable bonds is 6. The van der Waals surface area contributed by atoms with Gasteiger partial charge in [-0.25, -0.2) is 9.97 Å². The fourth-order valence-corrected chi connectivity index (χ4v) is 5.50. The van der Waals surface area contributed by atoms with Crippen molar-refractivity contribution >= 4 is 28.6 Å². The Morgan fingerprint density at radius 2 is 1.88 bits per heavy atom. The molecule has 1 aliphatic carbocycles. The van der Waals surface area contributed by atoms with E-state index in [9.17, 15) is 4.79 Å². The van der Waals surface area contributed by atoms with E-state index in [1.165, 1.54) is 5.56 Å². The number of para-hydroxylation sites is 2. The molecule has 168 valence electrons. The molecule has 3 N–H and O–H groups in total. The van der Waals surface area contributed by atoms with Gasteiger partial charge in [-0.1, -0.05) is 24.3 Å². The molecule has 0 radical (unpaired) electrons. The Bertz CT molecular complexity index is 1310. The number of carbonyl (C=O) groups is 1. The van der Waals surface area contributed by atoms with Crippen LogP contribution in [-0.4, -0.2) is 20.4 Å². The number of nitrogen functional groups attached to an aromatic ring is 1. The van der Waals surface area contributed by atoms with Gasteiger partial charge in [0.2, 0.25) is 0 Å². The third-order valence-electron chi connectivity index (χ3n) is 6.33. The van der Waals surface area contributed by atoms with Gasteiger partial charge in [0.25, 0.3) is 5.91 Å². The van der Waals surface area contributed by atoms with Crippen molar-refractivity contribution in [3.63, 3.8) is 0 Å². The average Bonchev–Trinajstić information content (AvgIpc) is 3.28. The molecular weight excluding hydrogens is 430 g/mol. The molecule has 33 heavy (non-hydrogen) atoms. The van der Waals surface area contributed by atoms with E-state index in [0.29, 0.717) is 23.0 Å². The van der Waals surface area contributed by atoms with Crippen LogP contribution in [0.4, 0.5) is 11.4 Å². The Morgan fingerprint density at radius 3 is 2.55 bits per heavy atom. The van der Waals surface area contributed by atoms with Crippen LogP contribution in [0.5, 0.6) is 0 Å². The number of benzene rings is 2. The van der Waals surface area contributed by atoms with Crippen molar-refractivity contribution in [2.75, 3.05) is 11.1 Å². The number of carbonyl (C=O) groups excluding carboxylic acids is 1. The maximum absolute atomic E-state index is 12.7. The predicted octanol–water partition coefficient (Wildman–Crippen LogP) is 5.81. The Balaban J connectivity index is 1.38. The van der Waals surface area contributed by atoms with E-state index < -0.39 is 0 Å². The van der Waals surface area contributed by atoms with E-state index in [1.54, 1.807) is 23.5 Å². The number of amides is 1. The lowest BCUT2D eigenvalue weighted by Gasteiger charge is -2.14. The molecule has 1 saturated carbocycles. The quantitative estimate of drug-likeness (QED) is 0.358. The average molecular weight is 458 g/mol. The highest BCUT2D eigenvalue weighted by molar-refractivity contribution is 7.10. The molecule has 1 aliphatic rings. The summed E-state index contributed by atoms with van der Waals surface area (Å²) in [4.78, 5) is 22.2. The summed E-state index contributed by atoms with van der Waals surface area (Å²) >= 11 is 1.71. The first-order chi connectivity index (χ1) is 15.9. The van der Waals surface area contributed by atoms with Crippen LogP contribution in [0.2, 0.25) is 0 Å². The number of aryl methyl sites for hydroxylation is 1. The second-order valence-corrected chi connectivity index (χ2v) is 9.75. The SMILES string of the molecule is Cc1ncc(-c2csc(C3(c4ccc(C(=O)Nc5ccccc5N)cc4)CC3)n2)n1C(C)C. The molecule has 4 aromatic rings. The lowest BCUT2D eigenvalue weighted by Crippen LogP contribution is -2.14. The van der Waals surface area contributed by atoms with Crippen molar-refractivity contribution in [2.24, 2.45) is 0 Å². The Hall–Kier alpha value is -3.45. The number of nitrogens with one attached hydrogen (secondary N) is 1. The van der Waals surface area contributed by atoms with Crippen molar-refractivity contribution in [1.82, 2.24) is 14.5 Å². The van der Waals surface area contributed by atoms with Crippen molar-refractivity contribution < 1.29 is 4.79 Å². The van der Waals surface area contributed by atoms with E-state index in [4.69, 9.17) is 10.7 Å². The number of thiazole rings is 1. The summed E-state index contributed by atoms with van der Waals surface area (Å²) in [5.74, 6) is 0.833. The van der Waals surface area contributed by atoms with E-state index in [0.717, 1.165) is 35.1 Å². The van der Waals surface area contributed by atoms with Crippen LogP contribution >= 0.6 is 11.3 Å². The molecule has 0 aliphatic heterocycles. The summed E-state index contributed by atoms with van der Waals surface area (Å²) in [5, 5.41) is 6.15. The highest BCUT2D eigenvalue weighted by Crippen LogP contribution is 2.54. The fraction of sp³-hybridized carbons (Fsp3) is 0.269. The van der Waals surface area contributed by atoms with Crippen LogP contribution in [0.1, 0.15) is 59.5 Å². The minimum Gasteiger partial charge on any atom is -0.397 e. The van der Waals surface area contributed by atoms with Crippen LogP contribution in [0.15, 0.2) is 60.1 Å². The molecule has 5 rings (SSSR count). The number of imidazole rings is 1. The number of hydrogen-bond donors (Lipinski definition) is 2. The molecule has 0 atom stereocenters. The maximum Gasteiger partial charge on any atom is 0.255 e. The fourth-order valence-electron chi connectivity index (χ4n) is 4.40. The standard InChI is InChI=1S/C26H27N5OS/c1-16(2)31-17(3)28-14-23(31)22-15-33-25(30-22)26(12-13-26)19-10-8-18(9-11-19)24(32)29-21-7-5-4-6-20(21)27/h4-11,14-16H,12-13,27H2,1-3H3,(H,29,32). The summed E-state index contributed by atoms with van der Waals surface area (Å²) in [6, 6.07) is 15.5. The first-order valence-electron chi connectivity index (χ1n) is 11.2. The lowest BCUT2D eigenvalue weighted by molar-refractivity contribution is 0.102. The molecule has 0 unspecified atom stereocenters. The van der Waals surface area contributed by atoms with E-state index in [2.05, 4.69) is 46.2 Å². The third kappa shape index (κ3) is 3.82. The zero-order valence-corrected chi connectivity index (χ0v) is 19.8. The van der Waals surface area contributed by atoms with Gasteiger partial charge in [0, 0.05) is 22.4 Å². The minimum absolute atomic E-state index is 0.0560. The van der Waals surface area contributed by atoms with E-state index in [-0.39, 0.29) is 11.3 Å². The second-order valence-electron chi connectivity index (χ2n) is 8.89. The normalized spacial score (nSPS) is 14.4. The molecule has 0 bridgehead atoms. The largest absolute Gasteiger partial charge is 0.397 e. The highest BCUT2D eigenvalue weighted by atomic mass is 32.1. The topological polar surface area (TPSA) is 85.8 Å². The Morgan fingerprint density at radius 1 is 1.15 bits per heavy atom. The summed E-state index contributed by atoms with van der Waals surface area (Å²) in [6.45, 7) is 6.36. The zero-order chi connectivity index (χ0) is 23.2. The highest BCUT2D eigenvalue weighted by Gasteiger charge is 2.48. The smallest absolute Gasteiger partial charge is 0.255 e. The molecule has 1 amide bonds. The zero-order valence-electron chi connectivity index (χ0n) is 19.0. The monoisotopic (exact) mass is 457 g/mol. The van der Waals surface area contributed by atoms with Crippen molar-refractivity contribution in [3.8, 4) is 11.4 Å². The predicted molar refractivity (Wildman–Crippen MR) is 134 cm³/mol. The van der Waals surface area contributed by atoms with Crippen LogP contribution in [0.25, 0.3) is 11.4 Å². The van der Waals surface area contributed by atoms with Gasteiger partial charge in [0.05, 0.1) is 29.0 Å². The van der Waals surface area contributed by atoms with Gasteiger partial charge < -0.3 is 15.6 Å². The number of nitrogens with zero attached hydrogens (tertiary/aromatic N) is 3. The molecule has 0 saturated heterocycles. The van der Waals surface area contributed by atoms with Gasteiger partial charge in [-0.2, -0.15) is 0 Å². The number of aromatic nitrogens is 3. The summed E-state index contributed by atoms with van der Waals surface area (Å²) in [7, 11) is 0. The molecule has 0 spiro atoms. The van der Waals surface area contributed by atoms with Crippen molar-refractivity contribution in [2.45, 2.75) is 45.1 Å². The summed E-state index contributed by atoms with van der Waals surface area (Å²) in [6.07, 6.45) is 4.05. The Kier molecular flexibility index (Phi) is 5.29.